The Morgan fingerprint density at radius 1 is 1.22 bits per heavy atom. The number of aryl methyl sites for hydroxylation is 2. The monoisotopic (exact) mass is 306 g/mol. The van der Waals surface area contributed by atoms with Gasteiger partial charge in [0.1, 0.15) is 5.75 Å². The molecule has 1 heterocycles. The Bertz CT molecular complexity index is 570. The second kappa shape index (κ2) is 5.50. The zero-order valence-corrected chi connectivity index (χ0v) is 12.0. The summed E-state index contributed by atoms with van der Waals surface area (Å²) in [5, 5.41) is 0. The van der Waals surface area contributed by atoms with E-state index in [1.807, 2.05) is 44.2 Å². The van der Waals surface area contributed by atoms with E-state index in [9.17, 15) is 0 Å². The lowest BCUT2D eigenvalue weighted by Crippen LogP contribution is -2.02. The molecule has 0 aliphatic rings. The van der Waals surface area contributed by atoms with Crippen molar-refractivity contribution in [1.29, 1.82) is 0 Å². The highest BCUT2D eigenvalue weighted by molar-refractivity contribution is 9.10. The second-order valence-electron chi connectivity index (χ2n) is 4.13. The van der Waals surface area contributed by atoms with Gasteiger partial charge in [-0.1, -0.05) is 28.1 Å². The van der Waals surface area contributed by atoms with E-state index in [-0.39, 0.29) is 0 Å². The number of hydrogen-bond donors (Lipinski definition) is 1. The topological polar surface area (TPSA) is 48.1 Å². The van der Waals surface area contributed by atoms with Crippen LogP contribution in [0.15, 0.2) is 34.8 Å². The quantitative estimate of drug-likeness (QED) is 0.940. The number of halogens is 1. The molecule has 1 aromatic heterocycles. The fraction of sp³-hybridized carbons (Fsp3) is 0.214. The van der Waals surface area contributed by atoms with Crippen molar-refractivity contribution in [2.45, 2.75) is 20.4 Å². The van der Waals surface area contributed by atoms with Gasteiger partial charge in [0.15, 0.2) is 0 Å². The van der Waals surface area contributed by atoms with Crippen LogP contribution in [0.25, 0.3) is 0 Å². The first kappa shape index (κ1) is 13.1. The number of hydrogen-bond acceptors (Lipinski definition) is 3. The number of ether oxygens (including phenoxy) is 1. The third kappa shape index (κ3) is 2.89. The molecular formula is C14H15BrN2O. The summed E-state index contributed by atoms with van der Waals surface area (Å²) in [5.41, 5.74) is 8.57. The van der Waals surface area contributed by atoms with Gasteiger partial charge in [-0.2, -0.15) is 0 Å². The van der Waals surface area contributed by atoms with Gasteiger partial charge in [-0.3, -0.25) is 0 Å². The predicted octanol–water partition coefficient (Wildman–Crippen LogP) is 3.71. The van der Waals surface area contributed by atoms with Crippen molar-refractivity contribution in [3.63, 3.8) is 0 Å². The Labute approximate surface area is 115 Å². The van der Waals surface area contributed by atoms with Crippen LogP contribution in [0.4, 0.5) is 0 Å². The summed E-state index contributed by atoms with van der Waals surface area (Å²) in [7, 11) is 0. The van der Waals surface area contributed by atoms with Crippen LogP contribution in [0.3, 0.4) is 0 Å². The third-order valence-corrected chi connectivity index (χ3v) is 3.15. The van der Waals surface area contributed by atoms with E-state index in [4.69, 9.17) is 10.5 Å². The summed E-state index contributed by atoms with van der Waals surface area (Å²) in [6.45, 7) is 4.34. The van der Waals surface area contributed by atoms with Crippen molar-refractivity contribution in [2.24, 2.45) is 5.73 Å². The highest BCUT2D eigenvalue weighted by Gasteiger charge is 2.08. The molecule has 1 aromatic carbocycles. The van der Waals surface area contributed by atoms with E-state index in [2.05, 4.69) is 20.9 Å². The number of benzene rings is 1. The van der Waals surface area contributed by atoms with E-state index in [1.165, 1.54) is 0 Å². The highest BCUT2D eigenvalue weighted by atomic mass is 79.9. The molecule has 0 fully saturated rings. The summed E-state index contributed by atoms with van der Waals surface area (Å²) in [6.07, 6.45) is 0. The van der Waals surface area contributed by atoms with E-state index < -0.39 is 0 Å². The third-order valence-electron chi connectivity index (χ3n) is 2.66. The minimum atomic E-state index is 0.412. The maximum atomic E-state index is 5.87. The summed E-state index contributed by atoms with van der Waals surface area (Å²) in [6, 6.07) is 9.79. The molecule has 2 N–H and O–H groups in total. The molecule has 18 heavy (non-hydrogen) atoms. The average Bonchev–Trinajstić information content (AvgIpc) is 2.34. The molecule has 3 nitrogen and oxygen atoms in total. The van der Waals surface area contributed by atoms with E-state index >= 15 is 0 Å². The maximum absolute atomic E-state index is 5.87. The molecule has 2 aromatic rings. The Morgan fingerprint density at radius 2 is 2.00 bits per heavy atom. The summed E-state index contributed by atoms with van der Waals surface area (Å²) < 4.78 is 6.85. The summed E-state index contributed by atoms with van der Waals surface area (Å²) in [5.74, 6) is 1.37. The fourth-order valence-corrected chi connectivity index (χ4v) is 1.93. The van der Waals surface area contributed by atoms with Crippen LogP contribution in [0, 0.1) is 13.8 Å². The molecule has 0 bridgehead atoms. The SMILES string of the molecule is Cc1ccc(CN)c(Oc2cc(Br)ccc2C)n1. The van der Waals surface area contributed by atoms with E-state index in [0.29, 0.717) is 12.4 Å². The molecule has 0 aliphatic heterocycles. The van der Waals surface area contributed by atoms with E-state index in [0.717, 1.165) is 27.0 Å². The Morgan fingerprint density at radius 3 is 2.72 bits per heavy atom. The minimum Gasteiger partial charge on any atom is -0.438 e. The summed E-state index contributed by atoms with van der Waals surface area (Å²) >= 11 is 3.43. The van der Waals surface area contributed by atoms with Gasteiger partial charge in [-0.25, -0.2) is 4.98 Å². The number of nitrogens with two attached hydrogens (primary N) is 1. The zero-order valence-electron chi connectivity index (χ0n) is 10.4. The van der Waals surface area contributed by atoms with Gasteiger partial charge in [0, 0.05) is 22.3 Å². The molecule has 0 aliphatic carbocycles. The first-order chi connectivity index (χ1) is 8.60. The highest BCUT2D eigenvalue weighted by Crippen LogP contribution is 2.29. The van der Waals surface area contributed by atoms with Crippen LogP contribution >= 0.6 is 15.9 Å². The molecule has 0 radical (unpaired) electrons. The van der Waals surface area contributed by atoms with Crippen molar-refractivity contribution in [3.8, 4) is 11.6 Å². The fourth-order valence-electron chi connectivity index (χ4n) is 1.59. The van der Waals surface area contributed by atoms with Crippen LogP contribution in [-0.2, 0) is 6.54 Å². The molecule has 0 saturated carbocycles. The number of pyridine rings is 1. The molecule has 0 spiro atoms. The lowest BCUT2D eigenvalue weighted by molar-refractivity contribution is 0.451. The van der Waals surface area contributed by atoms with Crippen molar-refractivity contribution < 1.29 is 4.74 Å². The maximum Gasteiger partial charge on any atom is 0.223 e. The number of rotatable bonds is 3. The second-order valence-corrected chi connectivity index (χ2v) is 5.05. The van der Waals surface area contributed by atoms with Gasteiger partial charge < -0.3 is 10.5 Å². The lowest BCUT2D eigenvalue weighted by Gasteiger charge is -2.11. The van der Waals surface area contributed by atoms with Gasteiger partial charge in [-0.15, -0.1) is 0 Å². The molecule has 4 heteroatoms. The van der Waals surface area contributed by atoms with Gasteiger partial charge in [0.05, 0.1) is 0 Å². The molecule has 0 atom stereocenters. The number of aromatic nitrogens is 1. The molecular weight excluding hydrogens is 292 g/mol. The van der Waals surface area contributed by atoms with Crippen molar-refractivity contribution in [1.82, 2.24) is 4.98 Å². The predicted molar refractivity (Wildman–Crippen MR) is 75.8 cm³/mol. The van der Waals surface area contributed by atoms with Crippen molar-refractivity contribution in [2.75, 3.05) is 0 Å². The van der Waals surface area contributed by atoms with Gasteiger partial charge in [0.25, 0.3) is 0 Å². The van der Waals surface area contributed by atoms with Crippen LogP contribution in [-0.4, -0.2) is 4.98 Å². The molecule has 0 amide bonds. The summed E-state index contributed by atoms with van der Waals surface area (Å²) in [4.78, 5) is 4.39. The average molecular weight is 307 g/mol. The van der Waals surface area contributed by atoms with Crippen LogP contribution in [0.1, 0.15) is 16.8 Å². The van der Waals surface area contributed by atoms with Crippen LogP contribution in [0.5, 0.6) is 11.6 Å². The molecule has 94 valence electrons. The molecule has 2 rings (SSSR count). The first-order valence-electron chi connectivity index (χ1n) is 5.70. The normalized spacial score (nSPS) is 10.4. The standard InChI is InChI=1S/C14H15BrN2O/c1-9-3-6-12(15)7-13(9)18-14-11(8-16)5-4-10(2)17-14/h3-7H,8,16H2,1-2H3. The van der Waals surface area contributed by atoms with Crippen molar-refractivity contribution >= 4 is 15.9 Å². The lowest BCUT2D eigenvalue weighted by atomic mass is 10.2. The smallest absolute Gasteiger partial charge is 0.223 e. The molecule has 0 saturated heterocycles. The zero-order chi connectivity index (χ0) is 13.1. The van der Waals surface area contributed by atoms with E-state index in [1.54, 1.807) is 0 Å². The van der Waals surface area contributed by atoms with Crippen LogP contribution in [0.2, 0.25) is 0 Å². The largest absolute Gasteiger partial charge is 0.438 e. The number of nitrogens with zero attached hydrogens (tertiary/aromatic N) is 1. The molecule has 0 unspecified atom stereocenters. The van der Waals surface area contributed by atoms with Gasteiger partial charge in [-0.05, 0) is 37.6 Å². The Kier molecular flexibility index (Phi) is 3.99. The Hall–Kier alpha value is -1.39. The van der Waals surface area contributed by atoms with Crippen molar-refractivity contribution in [3.05, 3.63) is 51.6 Å². The minimum absolute atomic E-state index is 0.412. The Balaban J connectivity index is 2.38. The first-order valence-corrected chi connectivity index (χ1v) is 6.50. The van der Waals surface area contributed by atoms with Gasteiger partial charge in [0.2, 0.25) is 5.88 Å². The van der Waals surface area contributed by atoms with Crippen LogP contribution < -0.4 is 10.5 Å². The van der Waals surface area contributed by atoms with Gasteiger partial charge >= 0.3 is 0 Å².